The van der Waals surface area contributed by atoms with Crippen LogP contribution in [0.2, 0.25) is 0 Å². The van der Waals surface area contributed by atoms with Crippen molar-refractivity contribution >= 4 is 5.91 Å². The van der Waals surface area contributed by atoms with Crippen LogP contribution in [0, 0.1) is 5.92 Å². The Balaban J connectivity index is 1.80. The average Bonchev–Trinajstić information content (AvgIpc) is 2.58. The van der Waals surface area contributed by atoms with E-state index in [0.29, 0.717) is 30.3 Å². The number of carbonyl (C=O) groups excluding carboxylic acids is 1. The van der Waals surface area contributed by atoms with Gasteiger partial charge < -0.3 is 9.47 Å². The molecule has 0 radical (unpaired) electrons. The van der Waals surface area contributed by atoms with E-state index in [9.17, 15) is 14.4 Å². The highest BCUT2D eigenvalue weighted by molar-refractivity contribution is 5.73. The van der Waals surface area contributed by atoms with Gasteiger partial charge in [0.25, 0.3) is 11.1 Å². The second-order valence-corrected chi connectivity index (χ2v) is 7.02. The molecule has 2 aliphatic rings. The highest BCUT2D eigenvalue weighted by Gasteiger charge is 2.35. The molecule has 0 aromatic carbocycles. The molecular weight excluding hydrogens is 320 g/mol. The molecule has 2 aromatic rings. The number of likely N-dealkylation sites (tertiary alicyclic amines) is 1. The zero-order valence-electron chi connectivity index (χ0n) is 14.3. The number of carbonyl (C=O) groups is 1. The minimum Gasteiger partial charge on any atom is -0.342 e. The van der Waals surface area contributed by atoms with Crippen molar-refractivity contribution in [2.75, 3.05) is 13.1 Å². The largest absolute Gasteiger partial charge is 0.342 e. The van der Waals surface area contributed by atoms with Gasteiger partial charge in [0.15, 0.2) is 0 Å². The highest BCUT2D eigenvalue weighted by atomic mass is 16.2. The minimum absolute atomic E-state index is 0.0471. The lowest BCUT2D eigenvalue weighted by Crippen LogP contribution is -2.48. The molecular formula is C18H20N4O3. The number of piperidine rings is 1. The van der Waals surface area contributed by atoms with Crippen molar-refractivity contribution in [1.29, 1.82) is 0 Å². The van der Waals surface area contributed by atoms with Gasteiger partial charge in [-0.1, -0.05) is 0 Å². The Bertz CT molecular complexity index is 975. The molecule has 0 spiro atoms. The second kappa shape index (κ2) is 5.68. The summed E-state index contributed by atoms with van der Waals surface area (Å²) in [6.07, 6.45) is 0.993. The van der Waals surface area contributed by atoms with Gasteiger partial charge >= 0.3 is 0 Å². The molecule has 7 heteroatoms. The molecule has 0 unspecified atom stereocenters. The third-order valence-corrected chi connectivity index (χ3v) is 5.26. The van der Waals surface area contributed by atoms with Gasteiger partial charge in [-0.2, -0.15) is 5.10 Å². The van der Waals surface area contributed by atoms with Crippen LogP contribution in [0.15, 0.2) is 33.9 Å². The van der Waals surface area contributed by atoms with Crippen molar-refractivity contribution in [3.8, 4) is 11.3 Å². The quantitative estimate of drug-likeness (QED) is 0.761. The summed E-state index contributed by atoms with van der Waals surface area (Å²) in [6.45, 7) is 3.62. The molecule has 130 valence electrons. The summed E-state index contributed by atoms with van der Waals surface area (Å²) >= 11 is 0. The number of hydrogen-bond acceptors (Lipinski definition) is 4. The molecule has 2 aromatic heterocycles. The van der Waals surface area contributed by atoms with Crippen LogP contribution in [0.25, 0.3) is 11.3 Å². The zero-order chi connectivity index (χ0) is 17.7. The van der Waals surface area contributed by atoms with E-state index in [2.05, 4.69) is 5.10 Å². The number of rotatable bonds is 1. The predicted octanol–water partition coefficient (Wildman–Crippen LogP) is 0.575. The molecule has 0 saturated carbocycles. The first-order chi connectivity index (χ1) is 11.9. The lowest BCUT2D eigenvalue weighted by molar-refractivity contribution is -0.131. The Labute approximate surface area is 144 Å². The molecule has 2 atom stereocenters. The molecule has 2 aliphatic heterocycles. The van der Waals surface area contributed by atoms with Gasteiger partial charge in [-0.15, -0.1) is 0 Å². The van der Waals surface area contributed by atoms with Crippen LogP contribution in [-0.4, -0.2) is 38.2 Å². The second-order valence-electron chi connectivity index (χ2n) is 7.02. The molecule has 2 bridgehead atoms. The van der Waals surface area contributed by atoms with E-state index < -0.39 is 0 Å². The molecule has 1 saturated heterocycles. The third kappa shape index (κ3) is 2.69. The van der Waals surface area contributed by atoms with E-state index in [1.54, 1.807) is 26.1 Å². The molecule has 4 rings (SSSR count). The molecule has 1 amide bonds. The van der Waals surface area contributed by atoms with Crippen molar-refractivity contribution in [2.45, 2.75) is 25.8 Å². The van der Waals surface area contributed by atoms with Crippen LogP contribution in [0.5, 0.6) is 0 Å². The fourth-order valence-electron chi connectivity index (χ4n) is 4.02. The zero-order valence-corrected chi connectivity index (χ0v) is 14.3. The fraction of sp³-hybridized carbons (Fsp3) is 0.444. The standard InChI is InChI=1S/C18H20N4O3/c1-11(23)21-8-12-5-14(10-21)16-6-13(7-18(25)22(16)9-12)15-3-4-17(24)20(2)19-15/h3-4,6-7,12,14H,5,8-10H2,1-2H3/t12-,14+/m0/s1. The number of pyridine rings is 1. The van der Waals surface area contributed by atoms with Crippen LogP contribution in [0.4, 0.5) is 0 Å². The van der Waals surface area contributed by atoms with Crippen molar-refractivity contribution in [2.24, 2.45) is 13.0 Å². The van der Waals surface area contributed by atoms with Gasteiger partial charge in [-0.25, -0.2) is 4.68 Å². The van der Waals surface area contributed by atoms with E-state index in [-0.39, 0.29) is 22.9 Å². The van der Waals surface area contributed by atoms with E-state index in [4.69, 9.17) is 0 Å². The lowest BCUT2D eigenvalue weighted by atomic mass is 9.82. The maximum atomic E-state index is 12.6. The first kappa shape index (κ1) is 15.8. The van der Waals surface area contributed by atoms with E-state index >= 15 is 0 Å². The predicted molar refractivity (Wildman–Crippen MR) is 92.3 cm³/mol. The van der Waals surface area contributed by atoms with Crippen LogP contribution < -0.4 is 11.1 Å². The van der Waals surface area contributed by atoms with Crippen LogP contribution in [0.3, 0.4) is 0 Å². The normalized spacial score (nSPS) is 21.8. The van der Waals surface area contributed by atoms with Gasteiger partial charge in [0.2, 0.25) is 5.91 Å². The number of amides is 1. The van der Waals surface area contributed by atoms with Gasteiger partial charge in [0, 0.05) is 62.9 Å². The highest BCUT2D eigenvalue weighted by Crippen LogP contribution is 2.36. The minimum atomic E-state index is -0.189. The summed E-state index contributed by atoms with van der Waals surface area (Å²) < 4.78 is 3.10. The molecule has 7 nitrogen and oxygen atoms in total. The number of hydrogen-bond donors (Lipinski definition) is 0. The Kier molecular flexibility index (Phi) is 3.59. The summed E-state index contributed by atoms with van der Waals surface area (Å²) in [5, 5.41) is 4.25. The SMILES string of the molecule is CC(=O)N1C[C@@H]2C[C@H](C1)c1cc(-c3ccc(=O)n(C)n3)cc(=O)n1C2. The summed E-state index contributed by atoms with van der Waals surface area (Å²) in [6, 6.07) is 6.66. The van der Waals surface area contributed by atoms with E-state index in [0.717, 1.165) is 18.7 Å². The third-order valence-electron chi connectivity index (χ3n) is 5.26. The van der Waals surface area contributed by atoms with E-state index in [1.807, 2.05) is 15.5 Å². The van der Waals surface area contributed by atoms with Crippen LogP contribution in [-0.2, 0) is 18.4 Å². The molecule has 25 heavy (non-hydrogen) atoms. The number of fused-ring (bicyclic) bond motifs is 4. The monoisotopic (exact) mass is 340 g/mol. The number of aromatic nitrogens is 3. The lowest BCUT2D eigenvalue weighted by Gasteiger charge is -2.42. The van der Waals surface area contributed by atoms with Crippen molar-refractivity contribution in [1.82, 2.24) is 19.2 Å². The molecule has 4 heterocycles. The summed E-state index contributed by atoms with van der Waals surface area (Å²) in [7, 11) is 1.59. The molecule has 1 fully saturated rings. The van der Waals surface area contributed by atoms with Crippen molar-refractivity contribution in [3.63, 3.8) is 0 Å². The Morgan fingerprint density at radius 1 is 1.12 bits per heavy atom. The topological polar surface area (TPSA) is 77.2 Å². The maximum absolute atomic E-state index is 12.6. The Morgan fingerprint density at radius 3 is 2.64 bits per heavy atom. The molecule has 0 N–H and O–H groups in total. The first-order valence-electron chi connectivity index (χ1n) is 8.47. The first-order valence-corrected chi connectivity index (χ1v) is 8.47. The van der Waals surface area contributed by atoms with Gasteiger partial charge in [-0.05, 0) is 24.5 Å². The summed E-state index contributed by atoms with van der Waals surface area (Å²) in [5.74, 6) is 0.576. The average molecular weight is 340 g/mol. The molecule has 0 aliphatic carbocycles. The number of aryl methyl sites for hydroxylation is 1. The van der Waals surface area contributed by atoms with Crippen LogP contribution in [0.1, 0.15) is 25.0 Å². The smallest absolute Gasteiger partial charge is 0.266 e. The summed E-state index contributed by atoms with van der Waals surface area (Å²) in [5.41, 5.74) is 2.04. The van der Waals surface area contributed by atoms with E-state index in [1.165, 1.54) is 10.7 Å². The number of nitrogens with zero attached hydrogens (tertiary/aromatic N) is 4. The van der Waals surface area contributed by atoms with Gasteiger partial charge in [-0.3, -0.25) is 14.4 Å². The van der Waals surface area contributed by atoms with Gasteiger partial charge in [0.1, 0.15) is 0 Å². The van der Waals surface area contributed by atoms with Crippen molar-refractivity contribution in [3.05, 3.63) is 50.7 Å². The van der Waals surface area contributed by atoms with Crippen molar-refractivity contribution < 1.29 is 4.79 Å². The summed E-state index contributed by atoms with van der Waals surface area (Å²) in [4.78, 5) is 37.8. The Hall–Kier alpha value is -2.70. The maximum Gasteiger partial charge on any atom is 0.266 e. The fourth-order valence-corrected chi connectivity index (χ4v) is 4.02. The van der Waals surface area contributed by atoms with Crippen LogP contribution >= 0.6 is 0 Å². The van der Waals surface area contributed by atoms with Gasteiger partial charge in [0.05, 0.1) is 5.69 Å². The Morgan fingerprint density at radius 2 is 1.92 bits per heavy atom.